The third kappa shape index (κ3) is 3.53. The fourth-order valence-electron chi connectivity index (χ4n) is 3.45. The quantitative estimate of drug-likeness (QED) is 0.732. The number of nitrogens with zero attached hydrogens (tertiary/aromatic N) is 3. The second-order valence-corrected chi connectivity index (χ2v) is 6.63. The molecule has 7 nitrogen and oxygen atoms in total. The Balaban J connectivity index is 1.73. The lowest BCUT2D eigenvalue weighted by atomic mass is 10.1. The van der Waals surface area contributed by atoms with E-state index in [9.17, 15) is 4.79 Å². The van der Waals surface area contributed by atoms with Crippen LogP contribution in [0.25, 0.3) is 16.9 Å². The molecule has 0 saturated carbocycles. The molecule has 4 rings (SSSR count). The molecule has 28 heavy (non-hydrogen) atoms. The Morgan fingerprint density at radius 2 is 1.93 bits per heavy atom. The van der Waals surface area contributed by atoms with Gasteiger partial charge >= 0.3 is 0 Å². The van der Waals surface area contributed by atoms with Gasteiger partial charge in [0, 0.05) is 44.0 Å². The maximum atomic E-state index is 12.8. The largest absolute Gasteiger partial charge is 0.493 e. The molecule has 3 aromatic rings. The van der Waals surface area contributed by atoms with Gasteiger partial charge in [-0.05, 0) is 37.3 Å². The number of fused-ring (bicyclic) bond motifs is 1. The van der Waals surface area contributed by atoms with Gasteiger partial charge in [0.2, 0.25) is 0 Å². The molecule has 146 valence electrons. The summed E-state index contributed by atoms with van der Waals surface area (Å²) in [6.07, 6.45) is 1.87. The maximum absolute atomic E-state index is 12.8. The van der Waals surface area contributed by atoms with Crippen LogP contribution in [-0.4, -0.2) is 49.3 Å². The van der Waals surface area contributed by atoms with Crippen LogP contribution >= 0.6 is 0 Å². The SMILES string of the molecule is CCOc1cc(-c2cc(=O)n3cc(N4CCNCC4)ccc3n2)ccc1OC. The molecule has 1 aromatic carbocycles. The van der Waals surface area contributed by atoms with E-state index in [2.05, 4.69) is 15.2 Å². The summed E-state index contributed by atoms with van der Waals surface area (Å²) < 4.78 is 12.6. The van der Waals surface area contributed by atoms with Crippen molar-refractivity contribution in [1.82, 2.24) is 14.7 Å². The van der Waals surface area contributed by atoms with Gasteiger partial charge < -0.3 is 19.7 Å². The van der Waals surface area contributed by atoms with Gasteiger partial charge in [0.1, 0.15) is 5.65 Å². The predicted octanol–water partition coefficient (Wildman–Crippen LogP) is 2.18. The second-order valence-electron chi connectivity index (χ2n) is 6.63. The first-order valence-electron chi connectivity index (χ1n) is 9.50. The van der Waals surface area contributed by atoms with E-state index < -0.39 is 0 Å². The molecule has 1 aliphatic rings. The van der Waals surface area contributed by atoms with Crippen LogP contribution in [0.3, 0.4) is 0 Å². The van der Waals surface area contributed by atoms with Gasteiger partial charge in [-0.25, -0.2) is 4.98 Å². The van der Waals surface area contributed by atoms with Crippen LogP contribution in [0, 0.1) is 0 Å². The number of aromatic nitrogens is 2. The summed E-state index contributed by atoms with van der Waals surface area (Å²) in [4.78, 5) is 19.7. The highest BCUT2D eigenvalue weighted by Gasteiger charge is 2.13. The molecular formula is C21H24N4O3. The van der Waals surface area contributed by atoms with E-state index in [4.69, 9.17) is 9.47 Å². The third-order valence-corrected chi connectivity index (χ3v) is 4.89. The molecule has 0 radical (unpaired) electrons. The van der Waals surface area contributed by atoms with Crippen molar-refractivity contribution in [3.63, 3.8) is 0 Å². The molecule has 1 saturated heterocycles. The molecule has 0 aliphatic carbocycles. The van der Waals surface area contributed by atoms with Crippen molar-refractivity contribution in [3.05, 3.63) is 52.9 Å². The maximum Gasteiger partial charge on any atom is 0.258 e. The molecule has 0 bridgehead atoms. The Kier molecular flexibility index (Phi) is 5.16. The number of methoxy groups -OCH3 is 1. The molecule has 3 heterocycles. The van der Waals surface area contributed by atoms with Crippen LogP contribution in [0.2, 0.25) is 0 Å². The fraction of sp³-hybridized carbons (Fsp3) is 0.333. The topological polar surface area (TPSA) is 68.1 Å². The first-order chi connectivity index (χ1) is 13.7. The highest BCUT2D eigenvalue weighted by molar-refractivity contribution is 5.66. The highest BCUT2D eigenvalue weighted by atomic mass is 16.5. The lowest BCUT2D eigenvalue weighted by Gasteiger charge is -2.29. The summed E-state index contributed by atoms with van der Waals surface area (Å²) in [5, 5.41) is 3.34. The molecule has 0 atom stereocenters. The third-order valence-electron chi connectivity index (χ3n) is 4.89. The Morgan fingerprint density at radius 1 is 1.11 bits per heavy atom. The van der Waals surface area contributed by atoms with Crippen molar-refractivity contribution in [3.8, 4) is 22.8 Å². The van der Waals surface area contributed by atoms with Gasteiger partial charge in [-0.15, -0.1) is 0 Å². The summed E-state index contributed by atoms with van der Waals surface area (Å²) in [5.74, 6) is 1.29. The van der Waals surface area contributed by atoms with Crippen molar-refractivity contribution in [1.29, 1.82) is 0 Å². The van der Waals surface area contributed by atoms with E-state index in [1.165, 1.54) is 0 Å². The van der Waals surface area contributed by atoms with Gasteiger partial charge in [-0.3, -0.25) is 9.20 Å². The van der Waals surface area contributed by atoms with Crippen LogP contribution in [0.5, 0.6) is 11.5 Å². The van der Waals surface area contributed by atoms with E-state index in [0.717, 1.165) is 37.4 Å². The zero-order valence-electron chi connectivity index (χ0n) is 16.1. The van der Waals surface area contributed by atoms with E-state index >= 15 is 0 Å². The van der Waals surface area contributed by atoms with Crippen molar-refractivity contribution in [2.75, 3.05) is 44.8 Å². The van der Waals surface area contributed by atoms with E-state index in [-0.39, 0.29) is 5.56 Å². The average molecular weight is 380 g/mol. The van der Waals surface area contributed by atoms with Crippen LogP contribution in [0.4, 0.5) is 5.69 Å². The monoisotopic (exact) mass is 380 g/mol. The van der Waals surface area contributed by atoms with Gasteiger partial charge in [-0.2, -0.15) is 0 Å². The molecular weight excluding hydrogens is 356 g/mol. The van der Waals surface area contributed by atoms with Crippen LogP contribution < -0.4 is 25.2 Å². The Bertz CT molecular complexity index is 1040. The zero-order valence-corrected chi connectivity index (χ0v) is 16.1. The van der Waals surface area contributed by atoms with E-state index in [1.54, 1.807) is 17.6 Å². The van der Waals surface area contributed by atoms with Crippen LogP contribution in [0.1, 0.15) is 6.92 Å². The summed E-state index contributed by atoms with van der Waals surface area (Å²) >= 11 is 0. The molecule has 0 spiro atoms. The summed E-state index contributed by atoms with van der Waals surface area (Å²) in [7, 11) is 1.61. The molecule has 1 aliphatic heterocycles. The van der Waals surface area contributed by atoms with Crippen LogP contribution in [-0.2, 0) is 0 Å². The van der Waals surface area contributed by atoms with Gasteiger partial charge in [0.15, 0.2) is 11.5 Å². The first-order valence-corrected chi connectivity index (χ1v) is 9.50. The van der Waals surface area contributed by atoms with Crippen molar-refractivity contribution < 1.29 is 9.47 Å². The number of anilines is 1. The number of nitrogens with one attached hydrogen (secondary N) is 1. The number of hydrogen-bond donors (Lipinski definition) is 1. The smallest absolute Gasteiger partial charge is 0.258 e. The van der Waals surface area contributed by atoms with Gasteiger partial charge in [0.05, 0.1) is 25.1 Å². The molecule has 0 unspecified atom stereocenters. The lowest BCUT2D eigenvalue weighted by molar-refractivity contribution is 0.311. The summed E-state index contributed by atoms with van der Waals surface area (Å²) in [6.45, 7) is 6.20. The van der Waals surface area contributed by atoms with Crippen LogP contribution in [0.15, 0.2) is 47.4 Å². The van der Waals surface area contributed by atoms with E-state index in [0.29, 0.717) is 29.4 Å². The number of rotatable bonds is 5. The zero-order chi connectivity index (χ0) is 19.5. The summed E-state index contributed by atoms with van der Waals surface area (Å²) in [6, 6.07) is 11.1. The Morgan fingerprint density at radius 3 is 2.68 bits per heavy atom. The molecule has 2 aromatic heterocycles. The molecule has 1 N–H and O–H groups in total. The molecule has 0 amide bonds. The van der Waals surface area contributed by atoms with Crippen molar-refractivity contribution in [2.45, 2.75) is 6.92 Å². The Hall–Kier alpha value is -3.06. The van der Waals surface area contributed by atoms with Crippen molar-refractivity contribution >= 4 is 11.3 Å². The lowest BCUT2D eigenvalue weighted by Crippen LogP contribution is -2.43. The number of hydrogen-bond acceptors (Lipinski definition) is 6. The average Bonchev–Trinajstić information content (AvgIpc) is 2.74. The molecule has 1 fully saturated rings. The molecule has 7 heteroatoms. The minimum atomic E-state index is -0.106. The first kappa shape index (κ1) is 18.3. The normalized spacial score (nSPS) is 14.3. The Labute approximate surface area is 163 Å². The minimum Gasteiger partial charge on any atom is -0.493 e. The fourth-order valence-corrected chi connectivity index (χ4v) is 3.45. The van der Waals surface area contributed by atoms with E-state index in [1.807, 2.05) is 43.5 Å². The summed E-state index contributed by atoms with van der Waals surface area (Å²) in [5.41, 5.74) is 2.98. The van der Waals surface area contributed by atoms with Gasteiger partial charge in [-0.1, -0.05) is 0 Å². The van der Waals surface area contributed by atoms with Gasteiger partial charge in [0.25, 0.3) is 5.56 Å². The highest BCUT2D eigenvalue weighted by Crippen LogP contribution is 2.31. The standard InChI is InChI=1S/C21H24N4O3/c1-3-28-19-12-15(4-6-18(19)27-2)17-13-21(26)25-14-16(5-7-20(25)23-17)24-10-8-22-9-11-24/h4-7,12-14,22H,3,8-11H2,1-2H3. The minimum absolute atomic E-state index is 0.106. The predicted molar refractivity (Wildman–Crippen MR) is 110 cm³/mol. The number of pyridine rings is 1. The number of ether oxygens (including phenoxy) is 2. The second kappa shape index (κ2) is 7.90. The number of piperazine rings is 1. The van der Waals surface area contributed by atoms with Crippen molar-refractivity contribution in [2.24, 2.45) is 0 Å². The number of benzene rings is 1.